The smallest absolute Gasteiger partial charge is 0.326 e. The minimum Gasteiger partial charge on any atom is -0.480 e. The van der Waals surface area contributed by atoms with Gasteiger partial charge in [0.2, 0.25) is 11.8 Å². The standard InChI is InChI=1S/C10H18N2O4/c1-3-7(10(15)16)12-9(14)6-5-8(13)11-4-2/h7H,3-6H2,1-2H3,(H,11,13)(H,12,14)(H,15,16). The first-order valence-corrected chi connectivity index (χ1v) is 5.30. The minimum atomic E-state index is -1.06. The zero-order chi connectivity index (χ0) is 12.6. The van der Waals surface area contributed by atoms with Crippen LogP contribution in [0.4, 0.5) is 0 Å². The lowest BCUT2D eigenvalue weighted by atomic mass is 10.2. The SMILES string of the molecule is CCNC(=O)CCC(=O)NC(CC)C(=O)O. The van der Waals surface area contributed by atoms with E-state index in [0.29, 0.717) is 13.0 Å². The highest BCUT2D eigenvalue weighted by Crippen LogP contribution is 1.95. The molecule has 1 unspecified atom stereocenters. The molecule has 0 rings (SSSR count). The summed E-state index contributed by atoms with van der Waals surface area (Å²) in [5, 5.41) is 13.6. The second kappa shape index (κ2) is 7.67. The van der Waals surface area contributed by atoms with Crippen LogP contribution in [-0.2, 0) is 14.4 Å². The molecule has 0 aliphatic carbocycles. The number of carboxylic acids is 1. The zero-order valence-corrected chi connectivity index (χ0v) is 9.58. The van der Waals surface area contributed by atoms with Crippen LogP contribution in [0.1, 0.15) is 33.1 Å². The lowest BCUT2D eigenvalue weighted by Crippen LogP contribution is -2.40. The predicted molar refractivity (Wildman–Crippen MR) is 57.8 cm³/mol. The molecule has 3 N–H and O–H groups in total. The molecular formula is C10H18N2O4. The van der Waals surface area contributed by atoms with Crippen LogP contribution in [0.5, 0.6) is 0 Å². The molecule has 0 saturated heterocycles. The molecule has 1 atom stereocenters. The van der Waals surface area contributed by atoms with Crippen LogP contribution >= 0.6 is 0 Å². The largest absolute Gasteiger partial charge is 0.480 e. The van der Waals surface area contributed by atoms with Gasteiger partial charge in [0.05, 0.1) is 0 Å². The van der Waals surface area contributed by atoms with Crippen molar-refractivity contribution < 1.29 is 19.5 Å². The summed E-state index contributed by atoms with van der Waals surface area (Å²) >= 11 is 0. The second-order valence-corrected chi connectivity index (χ2v) is 3.32. The number of aliphatic carboxylic acids is 1. The molecule has 92 valence electrons. The maximum absolute atomic E-state index is 11.3. The summed E-state index contributed by atoms with van der Waals surface area (Å²) in [4.78, 5) is 32.9. The van der Waals surface area contributed by atoms with Crippen LogP contribution in [-0.4, -0.2) is 35.5 Å². The molecular weight excluding hydrogens is 212 g/mol. The van der Waals surface area contributed by atoms with Gasteiger partial charge in [-0.2, -0.15) is 0 Å². The normalized spacial score (nSPS) is 11.6. The van der Waals surface area contributed by atoms with Gasteiger partial charge in [-0.3, -0.25) is 9.59 Å². The van der Waals surface area contributed by atoms with Gasteiger partial charge in [-0.05, 0) is 13.3 Å². The van der Waals surface area contributed by atoms with Crippen molar-refractivity contribution in [2.24, 2.45) is 0 Å². The molecule has 0 aromatic carbocycles. The van der Waals surface area contributed by atoms with Crippen LogP contribution < -0.4 is 10.6 Å². The van der Waals surface area contributed by atoms with E-state index in [-0.39, 0.29) is 18.7 Å². The number of hydrogen-bond acceptors (Lipinski definition) is 3. The van der Waals surface area contributed by atoms with Crippen molar-refractivity contribution in [2.75, 3.05) is 6.54 Å². The van der Waals surface area contributed by atoms with E-state index in [0.717, 1.165) is 0 Å². The Labute approximate surface area is 94.4 Å². The van der Waals surface area contributed by atoms with Gasteiger partial charge in [-0.25, -0.2) is 4.79 Å². The lowest BCUT2D eigenvalue weighted by Gasteiger charge is -2.11. The Hall–Kier alpha value is -1.59. The maximum Gasteiger partial charge on any atom is 0.326 e. The highest BCUT2D eigenvalue weighted by molar-refractivity contribution is 5.86. The molecule has 16 heavy (non-hydrogen) atoms. The first kappa shape index (κ1) is 14.4. The Balaban J connectivity index is 3.89. The number of carboxylic acid groups (broad SMARTS) is 1. The highest BCUT2D eigenvalue weighted by Gasteiger charge is 2.17. The van der Waals surface area contributed by atoms with E-state index < -0.39 is 17.9 Å². The summed E-state index contributed by atoms with van der Waals surface area (Å²) in [7, 11) is 0. The monoisotopic (exact) mass is 230 g/mol. The molecule has 0 aliphatic rings. The van der Waals surface area contributed by atoms with E-state index in [1.165, 1.54) is 0 Å². The van der Waals surface area contributed by atoms with Gasteiger partial charge >= 0.3 is 5.97 Å². The van der Waals surface area contributed by atoms with Crippen LogP contribution in [0.2, 0.25) is 0 Å². The molecule has 0 spiro atoms. The molecule has 0 bridgehead atoms. The fraction of sp³-hybridized carbons (Fsp3) is 0.700. The molecule has 0 aromatic rings. The number of carbonyl (C=O) groups is 3. The van der Waals surface area contributed by atoms with Crippen molar-refractivity contribution >= 4 is 17.8 Å². The topological polar surface area (TPSA) is 95.5 Å². The third kappa shape index (κ3) is 6.00. The van der Waals surface area contributed by atoms with E-state index in [9.17, 15) is 14.4 Å². The van der Waals surface area contributed by atoms with Crippen molar-refractivity contribution in [1.29, 1.82) is 0 Å². The molecule has 0 heterocycles. The lowest BCUT2D eigenvalue weighted by molar-refractivity contribution is -0.141. The van der Waals surface area contributed by atoms with Crippen molar-refractivity contribution in [1.82, 2.24) is 10.6 Å². The number of rotatable bonds is 7. The van der Waals surface area contributed by atoms with Crippen molar-refractivity contribution in [2.45, 2.75) is 39.2 Å². The molecule has 6 heteroatoms. The molecule has 0 aliphatic heterocycles. The quantitative estimate of drug-likeness (QED) is 0.568. The van der Waals surface area contributed by atoms with Gasteiger partial charge in [0.1, 0.15) is 6.04 Å². The Morgan fingerprint density at radius 3 is 2.12 bits per heavy atom. The summed E-state index contributed by atoms with van der Waals surface area (Å²) < 4.78 is 0. The number of amides is 2. The van der Waals surface area contributed by atoms with Crippen LogP contribution in [0, 0.1) is 0 Å². The number of nitrogens with one attached hydrogen (secondary N) is 2. The van der Waals surface area contributed by atoms with E-state index in [2.05, 4.69) is 10.6 Å². The number of carbonyl (C=O) groups excluding carboxylic acids is 2. The van der Waals surface area contributed by atoms with Crippen molar-refractivity contribution in [3.8, 4) is 0 Å². The molecule has 2 amide bonds. The van der Waals surface area contributed by atoms with Gasteiger partial charge < -0.3 is 15.7 Å². The van der Waals surface area contributed by atoms with E-state index in [4.69, 9.17) is 5.11 Å². The Bertz CT molecular complexity index is 266. The van der Waals surface area contributed by atoms with Gasteiger partial charge in [0.25, 0.3) is 0 Å². The van der Waals surface area contributed by atoms with Gasteiger partial charge in [-0.1, -0.05) is 6.92 Å². The average molecular weight is 230 g/mol. The zero-order valence-electron chi connectivity index (χ0n) is 9.58. The van der Waals surface area contributed by atoms with Gasteiger partial charge in [-0.15, -0.1) is 0 Å². The Morgan fingerprint density at radius 2 is 1.69 bits per heavy atom. The summed E-state index contributed by atoms with van der Waals surface area (Å²) in [5.74, 6) is -1.68. The van der Waals surface area contributed by atoms with E-state index >= 15 is 0 Å². The van der Waals surface area contributed by atoms with Crippen LogP contribution in [0.25, 0.3) is 0 Å². The molecule has 0 radical (unpaired) electrons. The second-order valence-electron chi connectivity index (χ2n) is 3.32. The molecule has 0 aromatic heterocycles. The first-order chi connectivity index (χ1) is 7.51. The van der Waals surface area contributed by atoms with Crippen LogP contribution in [0.3, 0.4) is 0 Å². The molecule has 6 nitrogen and oxygen atoms in total. The van der Waals surface area contributed by atoms with Gasteiger partial charge in [0.15, 0.2) is 0 Å². The highest BCUT2D eigenvalue weighted by atomic mass is 16.4. The maximum atomic E-state index is 11.3. The van der Waals surface area contributed by atoms with Crippen molar-refractivity contribution in [3.05, 3.63) is 0 Å². The first-order valence-electron chi connectivity index (χ1n) is 5.30. The average Bonchev–Trinajstić information content (AvgIpc) is 2.23. The fourth-order valence-electron chi connectivity index (χ4n) is 1.12. The summed E-state index contributed by atoms with van der Waals surface area (Å²) in [6.07, 6.45) is 0.410. The summed E-state index contributed by atoms with van der Waals surface area (Å²) in [6.45, 7) is 3.98. The third-order valence-corrected chi connectivity index (χ3v) is 1.99. The van der Waals surface area contributed by atoms with Gasteiger partial charge in [0, 0.05) is 19.4 Å². The minimum absolute atomic E-state index is 0.00954. The molecule has 0 saturated carbocycles. The van der Waals surface area contributed by atoms with Crippen molar-refractivity contribution in [3.63, 3.8) is 0 Å². The third-order valence-electron chi connectivity index (χ3n) is 1.99. The van der Waals surface area contributed by atoms with Crippen LogP contribution in [0.15, 0.2) is 0 Å². The van der Waals surface area contributed by atoms with E-state index in [1.807, 2.05) is 0 Å². The van der Waals surface area contributed by atoms with E-state index in [1.54, 1.807) is 13.8 Å². The number of hydrogen-bond donors (Lipinski definition) is 3. The predicted octanol–water partition coefficient (Wildman–Crippen LogP) is -0.118. The Kier molecular flexibility index (Phi) is 6.91. The summed E-state index contributed by atoms with van der Waals surface area (Å²) in [5.41, 5.74) is 0. The Morgan fingerprint density at radius 1 is 1.12 bits per heavy atom. The fourth-order valence-corrected chi connectivity index (χ4v) is 1.12. The summed E-state index contributed by atoms with van der Waals surface area (Å²) in [6, 6.07) is -0.873. The molecule has 0 fully saturated rings.